The van der Waals surface area contributed by atoms with E-state index in [0.717, 1.165) is 24.3 Å². The number of carbonyl (C=O) groups excluding carboxylic acids is 1. The smallest absolute Gasteiger partial charge is 0.211 e. The number of amides is 1. The van der Waals surface area contributed by atoms with Gasteiger partial charge in [-0.25, -0.2) is 0 Å². The highest BCUT2D eigenvalue weighted by molar-refractivity contribution is 5.75. The lowest BCUT2D eigenvalue weighted by atomic mass is 10.0. The number of hydrogen-bond donors (Lipinski definition) is 2. The number of nitrogens with one attached hydrogen (secondary N) is 1. The molecule has 3 rings (SSSR count). The summed E-state index contributed by atoms with van der Waals surface area (Å²) in [5.74, 6) is 0.904. The van der Waals surface area contributed by atoms with E-state index < -0.39 is 0 Å². The van der Waals surface area contributed by atoms with Crippen molar-refractivity contribution in [3.05, 3.63) is 53.6 Å². The van der Waals surface area contributed by atoms with Crippen molar-refractivity contribution in [3.8, 4) is 11.5 Å². The molecule has 0 spiro atoms. The molecule has 1 fully saturated rings. The third kappa shape index (κ3) is 4.15. The van der Waals surface area contributed by atoms with Gasteiger partial charge in [0.2, 0.25) is 6.41 Å². The van der Waals surface area contributed by atoms with Gasteiger partial charge in [-0.2, -0.15) is 0 Å². The average Bonchev–Trinajstić information content (AvgIpc) is 3.15. The van der Waals surface area contributed by atoms with Crippen LogP contribution >= 0.6 is 0 Å². The first-order chi connectivity index (χ1) is 12.6. The van der Waals surface area contributed by atoms with Crippen LogP contribution in [0.3, 0.4) is 0 Å². The highest BCUT2D eigenvalue weighted by Crippen LogP contribution is 2.32. The molecule has 1 saturated heterocycles. The number of benzene rings is 2. The van der Waals surface area contributed by atoms with Crippen molar-refractivity contribution in [2.75, 3.05) is 25.7 Å². The van der Waals surface area contributed by atoms with E-state index in [1.54, 1.807) is 19.2 Å². The first kappa shape index (κ1) is 18.2. The Morgan fingerprint density at radius 2 is 2.12 bits per heavy atom. The van der Waals surface area contributed by atoms with Crippen LogP contribution in [0.2, 0.25) is 0 Å². The normalized spacial score (nSPS) is 18.5. The Labute approximate surface area is 153 Å². The van der Waals surface area contributed by atoms with Crippen LogP contribution in [-0.4, -0.2) is 42.8 Å². The van der Waals surface area contributed by atoms with Gasteiger partial charge in [-0.15, -0.1) is 0 Å². The van der Waals surface area contributed by atoms with E-state index in [1.807, 2.05) is 18.2 Å². The minimum Gasteiger partial charge on any atom is -0.506 e. The average molecular weight is 356 g/mol. The lowest BCUT2D eigenvalue weighted by Gasteiger charge is -2.22. The number of methoxy groups -OCH3 is 1. The van der Waals surface area contributed by atoms with Crippen LogP contribution in [-0.2, 0) is 16.0 Å². The second-order valence-corrected chi connectivity index (χ2v) is 6.50. The van der Waals surface area contributed by atoms with Crippen molar-refractivity contribution >= 4 is 12.1 Å². The molecule has 0 saturated carbocycles. The number of aromatic hydroxyl groups is 1. The maximum absolute atomic E-state index is 10.6. The fourth-order valence-electron chi connectivity index (χ4n) is 3.18. The van der Waals surface area contributed by atoms with Crippen LogP contribution in [0.25, 0.3) is 0 Å². The lowest BCUT2D eigenvalue weighted by molar-refractivity contribution is -0.105. The summed E-state index contributed by atoms with van der Waals surface area (Å²) >= 11 is 0. The van der Waals surface area contributed by atoms with Crippen molar-refractivity contribution in [2.24, 2.45) is 0 Å². The molecule has 0 aliphatic carbocycles. The number of rotatable bonds is 7. The second-order valence-electron chi connectivity index (χ2n) is 6.50. The van der Waals surface area contributed by atoms with Gasteiger partial charge in [-0.3, -0.25) is 9.69 Å². The molecule has 6 heteroatoms. The topological polar surface area (TPSA) is 71.0 Å². The van der Waals surface area contributed by atoms with E-state index in [4.69, 9.17) is 9.47 Å². The SMILES string of the molecule is COc1ccc(C[C@H](C)N2COC(c3ccc(O)c(NC=O)c3)C2)cc1. The number of hydrogen-bond acceptors (Lipinski definition) is 5. The van der Waals surface area contributed by atoms with Gasteiger partial charge in [0.1, 0.15) is 18.2 Å². The summed E-state index contributed by atoms with van der Waals surface area (Å²) in [4.78, 5) is 12.9. The quantitative estimate of drug-likeness (QED) is 0.590. The van der Waals surface area contributed by atoms with Gasteiger partial charge in [-0.05, 0) is 48.7 Å². The number of carbonyl (C=O) groups is 1. The fraction of sp³-hybridized carbons (Fsp3) is 0.350. The monoisotopic (exact) mass is 356 g/mol. The zero-order chi connectivity index (χ0) is 18.5. The standard InChI is InChI=1S/C20H24N2O4/c1-14(9-15-3-6-17(25-2)7-4-15)22-11-20(26-13-22)16-5-8-19(24)18(10-16)21-12-23/h3-8,10,12,14,20,24H,9,11,13H2,1-2H3,(H,21,23)/t14-,20?/m0/s1. The lowest BCUT2D eigenvalue weighted by Crippen LogP contribution is -2.32. The highest BCUT2D eigenvalue weighted by Gasteiger charge is 2.28. The molecular formula is C20H24N2O4. The van der Waals surface area contributed by atoms with Crippen LogP contribution in [0, 0.1) is 0 Å². The van der Waals surface area contributed by atoms with Crippen LogP contribution in [0.1, 0.15) is 24.2 Å². The van der Waals surface area contributed by atoms with E-state index in [-0.39, 0.29) is 11.9 Å². The molecule has 6 nitrogen and oxygen atoms in total. The van der Waals surface area contributed by atoms with E-state index in [1.165, 1.54) is 5.56 Å². The van der Waals surface area contributed by atoms with Gasteiger partial charge in [0.25, 0.3) is 0 Å². The van der Waals surface area contributed by atoms with Crippen LogP contribution in [0.5, 0.6) is 11.5 Å². The molecule has 0 bridgehead atoms. The summed E-state index contributed by atoms with van der Waals surface area (Å²) in [5, 5.41) is 12.3. The van der Waals surface area contributed by atoms with Crippen molar-refractivity contribution in [1.82, 2.24) is 4.90 Å². The summed E-state index contributed by atoms with van der Waals surface area (Å²) < 4.78 is 11.1. The molecule has 2 aromatic carbocycles. The Hall–Kier alpha value is -2.57. The zero-order valence-electron chi connectivity index (χ0n) is 15.0. The first-order valence-corrected chi connectivity index (χ1v) is 8.62. The molecule has 2 atom stereocenters. The summed E-state index contributed by atoms with van der Waals surface area (Å²) in [5.41, 5.74) is 2.58. The molecule has 0 aromatic heterocycles. The molecule has 1 aliphatic heterocycles. The van der Waals surface area contributed by atoms with E-state index in [0.29, 0.717) is 24.9 Å². The van der Waals surface area contributed by atoms with Gasteiger partial charge in [0.15, 0.2) is 0 Å². The maximum Gasteiger partial charge on any atom is 0.211 e. The van der Waals surface area contributed by atoms with Gasteiger partial charge in [0.05, 0.1) is 18.9 Å². The van der Waals surface area contributed by atoms with Gasteiger partial charge >= 0.3 is 0 Å². The Morgan fingerprint density at radius 3 is 2.81 bits per heavy atom. The largest absolute Gasteiger partial charge is 0.506 e. The van der Waals surface area contributed by atoms with Crippen LogP contribution in [0.4, 0.5) is 5.69 Å². The zero-order valence-corrected chi connectivity index (χ0v) is 15.0. The van der Waals surface area contributed by atoms with Gasteiger partial charge in [0, 0.05) is 12.6 Å². The van der Waals surface area contributed by atoms with Crippen molar-refractivity contribution in [3.63, 3.8) is 0 Å². The minimum atomic E-state index is -0.0823. The Morgan fingerprint density at radius 1 is 1.35 bits per heavy atom. The Balaban J connectivity index is 1.62. The number of phenolic OH excluding ortho intramolecular Hbond substituents is 1. The second kappa shape index (κ2) is 8.21. The summed E-state index contributed by atoms with van der Waals surface area (Å²) in [6, 6.07) is 13.6. The minimum absolute atomic E-state index is 0.0450. The van der Waals surface area contributed by atoms with E-state index in [2.05, 4.69) is 29.3 Å². The van der Waals surface area contributed by atoms with Gasteiger partial charge < -0.3 is 19.9 Å². The van der Waals surface area contributed by atoms with Crippen molar-refractivity contribution in [1.29, 1.82) is 0 Å². The first-order valence-electron chi connectivity index (χ1n) is 8.62. The Kier molecular flexibility index (Phi) is 5.75. The predicted molar refractivity (Wildman–Crippen MR) is 99.4 cm³/mol. The number of anilines is 1. The van der Waals surface area contributed by atoms with E-state index >= 15 is 0 Å². The third-order valence-electron chi connectivity index (χ3n) is 4.76. The summed E-state index contributed by atoms with van der Waals surface area (Å²) in [7, 11) is 1.67. The fourth-order valence-corrected chi connectivity index (χ4v) is 3.18. The van der Waals surface area contributed by atoms with Gasteiger partial charge in [-0.1, -0.05) is 18.2 Å². The number of ether oxygens (including phenoxy) is 2. The summed E-state index contributed by atoms with van der Waals surface area (Å²) in [6.45, 7) is 3.51. The molecule has 26 heavy (non-hydrogen) atoms. The molecule has 2 N–H and O–H groups in total. The molecule has 2 aromatic rings. The molecule has 138 valence electrons. The third-order valence-corrected chi connectivity index (χ3v) is 4.76. The molecule has 1 unspecified atom stereocenters. The molecule has 0 radical (unpaired) electrons. The number of nitrogens with zero attached hydrogens (tertiary/aromatic N) is 1. The van der Waals surface area contributed by atoms with Crippen LogP contribution < -0.4 is 10.1 Å². The van der Waals surface area contributed by atoms with Crippen LogP contribution in [0.15, 0.2) is 42.5 Å². The van der Waals surface area contributed by atoms with Crippen molar-refractivity contribution < 1.29 is 19.4 Å². The molecule has 1 aliphatic rings. The highest BCUT2D eigenvalue weighted by atomic mass is 16.5. The predicted octanol–water partition coefficient (Wildman–Crippen LogP) is 2.93. The number of phenols is 1. The molecule has 1 heterocycles. The maximum atomic E-state index is 10.6. The van der Waals surface area contributed by atoms with E-state index in [9.17, 15) is 9.90 Å². The van der Waals surface area contributed by atoms with Crippen molar-refractivity contribution in [2.45, 2.75) is 25.5 Å². The summed E-state index contributed by atoms with van der Waals surface area (Å²) in [6.07, 6.45) is 1.40. The Bertz CT molecular complexity index is 748. The molecule has 1 amide bonds. The molecular weight excluding hydrogens is 332 g/mol.